The van der Waals surface area contributed by atoms with E-state index in [2.05, 4.69) is 6.08 Å². The van der Waals surface area contributed by atoms with Gasteiger partial charge in [-0.1, -0.05) is 18.6 Å². The van der Waals surface area contributed by atoms with E-state index in [0.29, 0.717) is 18.2 Å². The average molecular weight is 179 g/mol. The molecule has 0 radical (unpaired) electrons. The summed E-state index contributed by atoms with van der Waals surface area (Å²) in [4.78, 5) is 11.8. The second-order valence-corrected chi connectivity index (χ2v) is 4.23. The smallest absolute Gasteiger partial charge is 0.143 e. The van der Waals surface area contributed by atoms with Gasteiger partial charge in [-0.05, 0) is 25.2 Å². The molecule has 0 aromatic carbocycles. The Labute approximate surface area is 79.2 Å². The van der Waals surface area contributed by atoms with E-state index in [4.69, 9.17) is 5.73 Å². The number of carbonyl (C=O) groups excluding carboxylic acids is 1. The molecule has 0 spiro atoms. The van der Waals surface area contributed by atoms with E-state index < -0.39 is 0 Å². The molecule has 2 saturated carbocycles. The first-order chi connectivity index (χ1) is 6.29. The van der Waals surface area contributed by atoms with Crippen molar-refractivity contribution in [3.05, 3.63) is 12.2 Å². The number of carbonyl (C=O) groups is 1. The molecule has 2 aliphatic carbocycles. The van der Waals surface area contributed by atoms with Crippen molar-refractivity contribution in [3.63, 3.8) is 0 Å². The molecular formula is C11H17NO. The highest BCUT2D eigenvalue weighted by Gasteiger charge is 2.50. The van der Waals surface area contributed by atoms with Gasteiger partial charge in [0.25, 0.3) is 0 Å². The summed E-state index contributed by atoms with van der Waals surface area (Å²) < 4.78 is 0. The average Bonchev–Trinajstić information content (AvgIpc) is 2.65. The molecule has 0 amide bonds. The van der Waals surface area contributed by atoms with Crippen LogP contribution in [0.1, 0.15) is 32.1 Å². The zero-order valence-corrected chi connectivity index (χ0v) is 7.96. The van der Waals surface area contributed by atoms with Crippen molar-refractivity contribution in [1.29, 1.82) is 0 Å². The van der Waals surface area contributed by atoms with Crippen LogP contribution < -0.4 is 5.73 Å². The molecular weight excluding hydrogens is 162 g/mol. The third-order valence-corrected chi connectivity index (χ3v) is 3.66. The molecule has 0 heterocycles. The summed E-state index contributed by atoms with van der Waals surface area (Å²) in [6.45, 7) is 0.557. The van der Waals surface area contributed by atoms with Gasteiger partial charge in [-0.3, -0.25) is 4.79 Å². The van der Waals surface area contributed by atoms with Gasteiger partial charge in [-0.15, -0.1) is 0 Å². The van der Waals surface area contributed by atoms with Crippen LogP contribution in [0.3, 0.4) is 0 Å². The maximum atomic E-state index is 11.8. The lowest BCUT2D eigenvalue weighted by molar-refractivity contribution is -0.124. The highest BCUT2D eigenvalue weighted by molar-refractivity contribution is 5.89. The largest absolute Gasteiger partial charge is 0.327 e. The van der Waals surface area contributed by atoms with Gasteiger partial charge in [0, 0.05) is 18.4 Å². The quantitative estimate of drug-likeness (QED) is 0.655. The van der Waals surface area contributed by atoms with Crippen LogP contribution in [0.15, 0.2) is 12.2 Å². The van der Waals surface area contributed by atoms with Crippen LogP contribution >= 0.6 is 0 Å². The molecule has 0 aromatic heterocycles. The Morgan fingerprint density at radius 2 is 2.38 bits per heavy atom. The number of hydrogen-bond donors (Lipinski definition) is 1. The molecule has 0 unspecified atom stereocenters. The van der Waals surface area contributed by atoms with Crippen molar-refractivity contribution in [2.45, 2.75) is 32.1 Å². The fraction of sp³-hybridized carbons (Fsp3) is 0.727. The molecule has 13 heavy (non-hydrogen) atoms. The lowest BCUT2D eigenvalue weighted by Gasteiger charge is -2.23. The van der Waals surface area contributed by atoms with Crippen molar-refractivity contribution in [2.24, 2.45) is 17.1 Å². The number of ketones is 1. The predicted octanol–water partition coefficient (Wildman–Crippen LogP) is 1.65. The van der Waals surface area contributed by atoms with Crippen molar-refractivity contribution in [1.82, 2.24) is 0 Å². The molecule has 0 aliphatic heterocycles. The maximum absolute atomic E-state index is 11.8. The second kappa shape index (κ2) is 3.26. The van der Waals surface area contributed by atoms with E-state index >= 15 is 0 Å². The van der Waals surface area contributed by atoms with Gasteiger partial charge in [0.05, 0.1) is 0 Å². The van der Waals surface area contributed by atoms with E-state index in [1.165, 1.54) is 12.8 Å². The molecule has 72 valence electrons. The fourth-order valence-electron chi connectivity index (χ4n) is 3.00. The maximum Gasteiger partial charge on any atom is 0.143 e. The monoisotopic (exact) mass is 179 g/mol. The summed E-state index contributed by atoms with van der Waals surface area (Å²) in [5.41, 5.74) is 5.35. The van der Waals surface area contributed by atoms with Crippen LogP contribution in [0.2, 0.25) is 0 Å². The minimum Gasteiger partial charge on any atom is -0.327 e. The Bertz CT molecular complexity index is 246. The van der Waals surface area contributed by atoms with Gasteiger partial charge in [-0.25, -0.2) is 0 Å². The third-order valence-electron chi connectivity index (χ3n) is 3.66. The first kappa shape index (κ1) is 8.95. The Morgan fingerprint density at radius 1 is 1.54 bits per heavy atom. The first-order valence-corrected chi connectivity index (χ1v) is 5.20. The molecule has 0 saturated heterocycles. The number of nitrogens with two attached hydrogens (primary N) is 1. The van der Waals surface area contributed by atoms with Gasteiger partial charge in [-0.2, -0.15) is 0 Å². The molecule has 2 aliphatic rings. The van der Waals surface area contributed by atoms with Gasteiger partial charge < -0.3 is 5.73 Å². The van der Waals surface area contributed by atoms with Crippen LogP contribution in [-0.2, 0) is 4.79 Å². The zero-order valence-electron chi connectivity index (χ0n) is 7.96. The SMILES string of the molecule is NCC=C[C@@]12CCC[C@H]1CCC2=O. The molecule has 0 aromatic rings. The lowest BCUT2D eigenvalue weighted by atomic mass is 9.79. The Balaban J connectivity index is 2.24. The molecule has 2 fully saturated rings. The Morgan fingerprint density at radius 3 is 3.15 bits per heavy atom. The van der Waals surface area contributed by atoms with E-state index in [9.17, 15) is 4.79 Å². The predicted molar refractivity (Wildman–Crippen MR) is 52.2 cm³/mol. The standard InChI is InChI=1S/C11H17NO/c12-8-2-7-11-6-1-3-9(11)4-5-10(11)13/h2,7,9H,1,3-6,8,12H2/t9-,11-/m0/s1. The minimum atomic E-state index is -0.0840. The van der Waals surface area contributed by atoms with Crippen molar-refractivity contribution < 1.29 is 4.79 Å². The van der Waals surface area contributed by atoms with Gasteiger partial charge >= 0.3 is 0 Å². The highest BCUT2D eigenvalue weighted by atomic mass is 16.1. The van der Waals surface area contributed by atoms with Crippen LogP contribution in [0.25, 0.3) is 0 Å². The molecule has 2 heteroatoms. The van der Waals surface area contributed by atoms with E-state index in [-0.39, 0.29) is 5.41 Å². The summed E-state index contributed by atoms with van der Waals surface area (Å²) in [6.07, 6.45) is 9.47. The summed E-state index contributed by atoms with van der Waals surface area (Å²) in [5, 5.41) is 0. The van der Waals surface area contributed by atoms with Crippen LogP contribution in [0.5, 0.6) is 0 Å². The summed E-state index contributed by atoms with van der Waals surface area (Å²) >= 11 is 0. The van der Waals surface area contributed by atoms with E-state index in [0.717, 1.165) is 19.3 Å². The van der Waals surface area contributed by atoms with Crippen molar-refractivity contribution in [2.75, 3.05) is 6.54 Å². The van der Waals surface area contributed by atoms with Gasteiger partial charge in [0.15, 0.2) is 0 Å². The molecule has 0 bridgehead atoms. The molecule has 2 atom stereocenters. The molecule has 2 nitrogen and oxygen atoms in total. The van der Waals surface area contributed by atoms with E-state index in [1.807, 2.05) is 6.08 Å². The fourth-order valence-corrected chi connectivity index (χ4v) is 3.00. The first-order valence-electron chi connectivity index (χ1n) is 5.20. The summed E-state index contributed by atoms with van der Waals surface area (Å²) in [5.74, 6) is 1.09. The van der Waals surface area contributed by atoms with Crippen LogP contribution in [-0.4, -0.2) is 12.3 Å². The van der Waals surface area contributed by atoms with Crippen LogP contribution in [0, 0.1) is 11.3 Å². The van der Waals surface area contributed by atoms with Crippen LogP contribution in [0.4, 0.5) is 0 Å². The Kier molecular flexibility index (Phi) is 2.24. The number of allylic oxidation sites excluding steroid dienone is 1. The number of rotatable bonds is 2. The lowest BCUT2D eigenvalue weighted by Crippen LogP contribution is -2.25. The molecule has 2 rings (SSSR count). The van der Waals surface area contributed by atoms with Gasteiger partial charge in [0.1, 0.15) is 5.78 Å². The Hall–Kier alpha value is -0.630. The molecule has 2 N–H and O–H groups in total. The topological polar surface area (TPSA) is 43.1 Å². The number of hydrogen-bond acceptors (Lipinski definition) is 2. The van der Waals surface area contributed by atoms with Gasteiger partial charge in [0.2, 0.25) is 0 Å². The number of fused-ring (bicyclic) bond motifs is 1. The second-order valence-electron chi connectivity index (χ2n) is 4.23. The summed E-state index contributed by atoms with van der Waals surface area (Å²) in [6, 6.07) is 0. The summed E-state index contributed by atoms with van der Waals surface area (Å²) in [7, 11) is 0. The third kappa shape index (κ3) is 1.24. The highest BCUT2D eigenvalue weighted by Crippen LogP contribution is 2.52. The van der Waals surface area contributed by atoms with Crippen molar-refractivity contribution >= 4 is 5.78 Å². The minimum absolute atomic E-state index is 0.0840. The number of Topliss-reactive ketones (excluding diaryl/α,β-unsaturated/α-hetero) is 1. The normalized spacial score (nSPS) is 38.8. The van der Waals surface area contributed by atoms with E-state index in [1.54, 1.807) is 0 Å². The zero-order chi connectivity index (χ0) is 9.31. The van der Waals surface area contributed by atoms with Crippen molar-refractivity contribution in [3.8, 4) is 0 Å².